The monoisotopic (exact) mass is 363 g/mol. The molecule has 0 radical (unpaired) electrons. The second-order valence-corrected chi connectivity index (χ2v) is 6.00. The lowest BCUT2D eigenvalue weighted by atomic mass is 9.97. The molecule has 0 amide bonds. The number of benzene rings is 2. The fourth-order valence-corrected chi connectivity index (χ4v) is 2.87. The maximum absolute atomic E-state index is 12.5. The minimum absolute atomic E-state index is 0.108. The summed E-state index contributed by atoms with van der Waals surface area (Å²) in [7, 11) is 3.37. The van der Waals surface area contributed by atoms with Crippen LogP contribution in [0, 0.1) is 0 Å². The Morgan fingerprint density at radius 1 is 1.19 bits per heavy atom. The molecule has 4 nitrogen and oxygen atoms in total. The van der Waals surface area contributed by atoms with Crippen LogP contribution in [0.5, 0.6) is 11.5 Å². The molecule has 27 heavy (non-hydrogen) atoms. The molecule has 0 aliphatic heterocycles. The number of allylic oxidation sites excluding steroid dienone is 3. The van der Waals surface area contributed by atoms with Crippen molar-refractivity contribution < 1.29 is 14.6 Å². The molecular weight excluding hydrogens is 338 g/mol. The number of anilines is 1. The fraction of sp³-hybridized carbons (Fsp3) is 0.174. The Morgan fingerprint density at radius 2 is 1.85 bits per heavy atom. The maximum Gasteiger partial charge on any atom is 0.185 e. The summed E-state index contributed by atoms with van der Waals surface area (Å²) in [5.74, 6) is 0.607. The number of nitrogens with one attached hydrogen (secondary N) is 1. The molecule has 2 aromatic rings. The Kier molecular flexibility index (Phi) is 7.00. The van der Waals surface area contributed by atoms with Gasteiger partial charge in [0.1, 0.15) is 11.5 Å². The normalized spacial score (nSPS) is 10.6. The highest BCUT2D eigenvalue weighted by molar-refractivity contribution is 6.07. The van der Waals surface area contributed by atoms with E-state index >= 15 is 0 Å². The van der Waals surface area contributed by atoms with Gasteiger partial charge in [0.05, 0.1) is 7.11 Å². The summed E-state index contributed by atoms with van der Waals surface area (Å²) in [5.41, 5.74) is 3.65. The van der Waals surface area contributed by atoms with Crippen LogP contribution in [0.4, 0.5) is 5.69 Å². The first-order chi connectivity index (χ1) is 13.0. The molecule has 0 aliphatic carbocycles. The van der Waals surface area contributed by atoms with Crippen LogP contribution in [0.25, 0.3) is 6.08 Å². The molecule has 0 atom stereocenters. The largest absolute Gasteiger partial charge is 0.507 e. The zero-order chi connectivity index (χ0) is 19.8. The van der Waals surface area contributed by atoms with Gasteiger partial charge in [-0.2, -0.15) is 0 Å². The zero-order valence-electron chi connectivity index (χ0n) is 15.8. The molecule has 0 bridgehead atoms. The first-order valence-electron chi connectivity index (χ1n) is 8.69. The Morgan fingerprint density at radius 3 is 2.41 bits per heavy atom. The van der Waals surface area contributed by atoms with Crippen molar-refractivity contribution in [2.75, 3.05) is 19.5 Å². The van der Waals surface area contributed by atoms with Crippen molar-refractivity contribution in [2.24, 2.45) is 0 Å². The number of phenolic OH excluding ortho intramolecular Hbond substituents is 1. The molecule has 2 aromatic carbocycles. The van der Waals surface area contributed by atoms with Gasteiger partial charge in [0.15, 0.2) is 5.78 Å². The lowest BCUT2D eigenvalue weighted by Gasteiger charge is -2.15. The number of hydrogen-bond donors (Lipinski definition) is 2. The van der Waals surface area contributed by atoms with Gasteiger partial charge in [-0.25, -0.2) is 0 Å². The van der Waals surface area contributed by atoms with Gasteiger partial charge in [0.25, 0.3) is 0 Å². The molecule has 0 aliphatic rings. The van der Waals surface area contributed by atoms with Crippen molar-refractivity contribution in [1.29, 1.82) is 0 Å². The molecule has 0 fully saturated rings. The van der Waals surface area contributed by atoms with Crippen LogP contribution in [-0.2, 0) is 12.8 Å². The van der Waals surface area contributed by atoms with Crippen molar-refractivity contribution in [3.05, 3.63) is 84.0 Å². The third-order valence-electron chi connectivity index (χ3n) is 4.25. The predicted molar refractivity (Wildman–Crippen MR) is 112 cm³/mol. The number of rotatable bonds is 9. The van der Waals surface area contributed by atoms with Gasteiger partial charge >= 0.3 is 0 Å². The van der Waals surface area contributed by atoms with Gasteiger partial charge in [0, 0.05) is 29.4 Å². The Balaban J connectivity index is 2.42. The summed E-state index contributed by atoms with van der Waals surface area (Å²) in [5, 5.41) is 13.5. The maximum atomic E-state index is 12.5. The number of carbonyl (C=O) groups excluding carboxylic acids is 1. The Labute approximate surface area is 160 Å². The van der Waals surface area contributed by atoms with Crippen LogP contribution in [0.2, 0.25) is 0 Å². The average molecular weight is 363 g/mol. The van der Waals surface area contributed by atoms with Gasteiger partial charge in [-0.1, -0.05) is 12.2 Å². The van der Waals surface area contributed by atoms with Crippen LogP contribution in [0.3, 0.4) is 0 Å². The number of phenols is 1. The third kappa shape index (κ3) is 4.67. The number of aromatic hydroxyl groups is 1. The van der Waals surface area contributed by atoms with E-state index in [1.54, 1.807) is 37.5 Å². The smallest absolute Gasteiger partial charge is 0.185 e. The highest BCUT2D eigenvalue weighted by atomic mass is 16.5. The lowest BCUT2D eigenvalue weighted by Crippen LogP contribution is -1.99. The van der Waals surface area contributed by atoms with E-state index in [1.165, 1.54) is 6.08 Å². The van der Waals surface area contributed by atoms with E-state index in [4.69, 9.17) is 4.74 Å². The van der Waals surface area contributed by atoms with Crippen LogP contribution in [-0.4, -0.2) is 25.0 Å². The minimum atomic E-state index is -0.108. The average Bonchev–Trinajstić information content (AvgIpc) is 2.69. The Bertz CT molecular complexity index is 864. The Hall–Kier alpha value is -3.27. The van der Waals surface area contributed by atoms with Crippen molar-refractivity contribution in [1.82, 2.24) is 0 Å². The van der Waals surface area contributed by atoms with E-state index < -0.39 is 0 Å². The summed E-state index contributed by atoms with van der Waals surface area (Å²) in [6.07, 6.45) is 7.63. The molecule has 0 unspecified atom stereocenters. The van der Waals surface area contributed by atoms with Crippen LogP contribution >= 0.6 is 0 Å². The van der Waals surface area contributed by atoms with Crippen molar-refractivity contribution >= 4 is 17.5 Å². The highest BCUT2D eigenvalue weighted by Gasteiger charge is 2.16. The molecule has 0 saturated heterocycles. The number of ketones is 1. The molecule has 0 aromatic heterocycles. The van der Waals surface area contributed by atoms with Gasteiger partial charge in [0.2, 0.25) is 0 Å². The van der Waals surface area contributed by atoms with E-state index in [0.29, 0.717) is 29.7 Å². The molecule has 0 saturated carbocycles. The molecule has 0 heterocycles. The summed E-state index contributed by atoms with van der Waals surface area (Å²) in [6, 6.07) is 9.08. The molecule has 140 valence electrons. The first kappa shape index (κ1) is 20.0. The van der Waals surface area contributed by atoms with Gasteiger partial charge < -0.3 is 15.2 Å². The van der Waals surface area contributed by atoms with Gasteiger partial charge in [-0.05, 0) is 60.9 Å². The molecule has 0 spiro atoms. The SMILES string of the molecule is C=CCc1cc(/C=C/C(=O)c2ccc(NC)cc2)c(OC)c(CC=C)c1O. The summed E-state index contributed by atoms with van der Waals surface area (Å²) in [6.45, 7) is 7.47. The number of carbonyl (C=O) groups is 1. The topological polar surface area (TPSA) is 58.6 Å². The summed E-state index contributed by atoms with van der Waals surface area (Å²) < 4.78 is 5.51. The van der Waals surface area contributed by atoms with Crippen molar-refractivity contribution in [2.45, 2.75) is 12.8 Å². The number of ether oxygens (including phenoxy) is 1. The van der Waals surface area contributed by atoms with E-state index in [-0.39, 0.29) is 11.5 Å². The van der Waals surface area contributed by atoms with Crippen LogP contribution in [0.15, 0.2) is 61.7 Å². The minimum Gasteiger partial charge on any atom is -0.507 e. The fourth-order valence-electron chi connectivity index (χ4n) is 2.87. The van der Waals surface area contributed by atoms with Gasteiger partial charge in [-0.3, -0.25) is 4.79 Å². The molecule has 2 rings (SSSR count). The number of hydrogen-bond acceptors (Lipinski definition) is 4. The van der Waals surface area contributed by atoms with E-state index in [9.17, 15) is 9.90 Å². The third-order valence-corrected chi connectivity index (χ3v) is 4.25. The van der Waals surface area contributed by atoms with E-state index in [2.05, 4.69) is 18.5 Å². The van der Waals surface area contributed by atoms with Crippen LogP contribution in [0.1, 0.15) is 27.0 Å². The summed E-state index contributed by atoms with van der Waals surface area (Å²) in [4.78, 5) is 12.5. The van der Waals surface area contributed by atoms with E-state index in [1.807, 2.05) is 25.2 Å². The quantitative estimate of drug-likeness (QED) is 0.382. The van der Waals surface area contributed by atoms with Gasteiger partial charge in [-0.15, -0.1) is 13.2 Å². The highest BCUT2D eigenvalue weighted by Crippen LogP contribution is 2.37. The van der Waals surface area contributed by atoms with Crippen molar-refractivity contribution in [3.63, 3.8) is 0 Å². The molecule has 2 N–H and O–H groups in total. The second-order valence-electron chi connectivity index (χ2n) is 6.00. The number of methoxy groups -OCH3 is 1. The standard InChI is InChI=1S/C23H25NO3/c1-5-7-17-15-18(23(27-4)20(8-6-2)22(17)26)11-14-21(25)16-9-12-19(24-3)13-10-16/h5-6,9-15,24,26H,1-2,7-8H2,3-4H3/b14-11+. The van der Waals surface area contributed by atoms with Crippen molar-refractivity contribution in [3.8, 4) is 11.5 Å². The molecule has 4 heteroatoms. The lowest BCUT2D eigenvalue weighted by molar-refractivity contribution is 0.104. The first-order valence-corrected chi connectivity index (χ1v) is 8.69. The predicted octanol–water partition coefficient (Wildman–Crippen LogP) is 4.80. The molecular formula is C23H25NO3. The zero-order valence-corrected chi connectivity index (χ0v) is 15.8. The van der Waals surface area contributed by atoms with Crippen LogP contribution < -0.4 is 10.1 Å². The van der Waals surface area contributed by atoms with E-state index in [0.717, 1.165) is 16.8 Å². The summed E-state index contributed by atoms with van der Waals surface area (Å²) >= 11 is 0. The second kappa shape index (κ2) is 9.43.